The van der Waals surface area contributed by atoms with Gasteiger partial charge in [0.05, 0.1) is 19.8 Å². The molecule has 0 aliphatic heterocycles. The molecule has 0 saturated carbocycles. The standard InChI is InChI=1S/C43H81O13P/c1-3-5-7-9-10-11-12-13-14-15-19-22-26-30-38(46)36(28-24-8-6-4-2)29-25-21-18-16-17-20-23-27-31-41(49)54-34-37(32-44)56-57(52,53)55-35-40(48)43(51)42(50)39(47)33-45/h14-15,26,30,36-37,39-40,42-45,47-48,50-51H,3-13,16-25,27-29,31-35H2,1-2H3,(H,52,53)/b15-14-,30-26-/t36?,37-,39+,40+,42+,43+/m0/s1. The Hall–Kier alpha value is -1.51. The molecule has 0 aromatic heterocycles. The van der Waals surface area contributed by atoms with E-state index in [2.05, 4.69) is 36.6 Å². The second-order valence-corrected chi connectivity index (χ2v) is 16.7. The third-order valence-electron chi connectivity index (χ3n) is 10.1. The van der Waals surface area contributed by atoms with Gasteiger partial charge in [0.15, 0.2) is 5.78 Å². The zero-order chi connectivity index (χ0) is 42.6. The van der Waals surface area contributed by atoms with Gasteiger partial charge in [0.1, 0.15) is 37.1 Å². The summed E-state index contributed by atoms with van der Waals surface area (Å²) >= 11 is 0. The number of aliphatic hydroxyl groups is 6. The Kier molecular flexibility index (Phi) is 36.5. The topological polar surface area (TPSA) is 221 Å². The molecule has 0 aromatic carbocycles. The number of ketones is 1. The van der Waals surface area contributed by atoms with E-state index in [4.69, 9.17) is 14.4 Å². The van der Waals surface area contributed by atoms with Gasteiger partial charge in [-0.25, -0.2) is 4.57 Å². The Balaban J connectivity index is 4.24. The van der Waals surface area contributed by atoms with Gasteiger partial charge >= 0.3 is 13.8 Å². The zero-order valence-electron chi connectivity index (χ0n) is 35.3. The smallest absolute Gasteiger partial charge is 0.463 e. The van der Waals surface area contributed by atoms with Gasteiger partial charge in [-0.05, 0) is 51.0 Å². The van der Waals surface area contributed by atoms with Crippen LogP contribution in [0.25, 0.3) is 0 Å². The number of carbonyl (C=O) groups excluding carboxylic acids is 2. The lowest BCUT2D eigenvalue weighted by Gasteiger charge is -2.26. The summed E-state index contributed by atoms with van der Waals surface area (Å²) in [4.78, 5) is 35.1. The number of carbonyl (C=O) groups is 2. The van der Waals surface area contributed by atoms with E-state index in [1.165, 1.54) is 64.2 Å². The first-order valence-electron chi connectivity index (χ1n) is 22.0. The maximum Gasteiger partial charge on any atom is 0.472 e. The largest absolute Gasteiger partial charge is 0.472 e. The molecule has 0 fully saturated rings. The Morgan fingerprint density at radius 2 is 1.09 bits per heavy atom. The first-order valence-corrected chi connectivity index (χ1v) is 23.5. The van der Waals surface area contributed by atoms with Crippen LogP contribution in [0.2, 0.25) is 0 Å². The number of unbranched alkanes of at least 4 members (excludes halogenated alkanes) is 18. The molecule has 0 rings (SSSR count). The van der Waals surface area contributed by atoms with Crippen LogP contribution in [0.1, 0.15) is 174 Å². The fraction of sp³-hybridized carbons (Fsp3) is 0.860. The normalized spacial score (nSPS) is 16.4. The van der Waals surface area contributed by atoms with Crippen LogP contribution in [0.15, 0.2) is 24.3 Å². The SMILES string of the molecule is CCCCCCCCC/C=C\CC/C=C\C(=O)C(CCCCCC)CCCCCCCCCCC(=O)OC[C@H](CO)OP(=O)(O)OC[C@@H](O)[C@@H](O)[C@H](O)[C@H](O)CO. The molecule has 7 N–H and O–H groups in total. The van der Waals surface area contributed by atoms with Gasteiger partial charge in [0, 0.05) is 12.3 Å². The molecule has 336 valence electrons. The number of ether oxygens (including phenoxy) is 1. The quantitative estimate of drug-likeness (QED) is 0.0104. The van der Waals surface area contributed by atoms with Crippen molar-refractivity contribution in [3.63, 3.8) is 0 Å². The van der Waals surface area contributed by atoms with Gasteiger partial charge < -0.3 is 40.3 Å². The number of hydrogen-bond donors (Lipinski definition) is 7. The molecule has 0 aliphatic rings. The molecule has 0 amide bonds. The highest BCUT2D eigenvalue weighted by Gasteiger charge is 2.34. The molecule has 0 aliphatic carbocycles. The minimum absolute atomic E-state index is 0.112. The average molecular weight is 837 g/mol. The second kappa shape index (κ2) is 37.5. The molecule has 14 heteroatoms. The number of rotatable bonds is 41. The number of aliphatic hydroxyl groups excluding tert-OH is 6. The molecule has 2 unspecified atom stereocenters. The van der Waals surface area contributed by atoms with Gasteiger partial charge in [-0.15, -0.1) is 0 Å². The van der Waals surface area contributed by atoms with Crippen molar-refractivity contribution in [2.45, 2.75) is 205 Å². The molecule has 7 atom stereocenters. The first kappa shape index (κ1) is 55.5. The van der Waals surface area contributed by atoms with Gasteiger partial charge in [-0.3, -0.25) is 18.6 Å². The maximum atomic E-state index is 13.1. The Morgan fingerprint density at radius 3 is 1.67 bits per heavy atom. The van der Waals surface area contributed by atoms with E-state index in [1.54, 1.807) is 0 Å². The lowest BCUT2D eigenvalue weighted by atomic mass is 9.90. The third kappa shape index (κ3) is 32.0. The van der Waals surface area contributed by atoms with Crippen molar-refractivity contribution < 1.29 is 63.5 Å². The third-order valence-corrected chi connectivity index (χ3v) is 11.1. The molecule has 0 spiro atoms. The van der Waals surface area contributed by atoms with Crippen molar-refractivity contribution in [3.05, 3.63) is 24.3 Å². The highest BCUT2D eigenvalue weighted by atomic mass is 31.2. The van der Waals surface area contributed by atoms with Crippen LogP contribution in [0.5, 0.6) is 0 Å². The lowest BCUT2D eigenvalue weighted by Crippen LogP contribution is -2.47. The number of phosphoric acid groups is 1. The van der Waals surface area contributed by atoms with Crippen molar-refractivity contribution in [2.24, 2.45) is 5.92 Å². The molecular formula is C43H81O13P. The van der Waals surface area contributed by atoms with E-state index >= 15 is 0 Å². The zero-order valence-corrected chi connectivity index (χ0v) is 36.2. The van der Waals surface area contributed by atoms with Crippen molar-refractivity contribution in [1.82, 2.24) is 0 Å². The van der Waals surface area contributed by atoms with Crippen LogP contribution in [0, 0.1) is 5.92 Å². The molecule has 13 nitrogen and oxygen atoms in total. The predicted octanol–water partition coefficient (Wildman–Crippen LogP) is 7.55. The number of hydrogen-bond acceptors (Lipinski definition) is 12. The van der Waals surface area contributed by atoms with Crippen molar-refractivity contribution in [3.8, 4) is 0 Å². The molecule has 0 radical (unpaired) electrons. The lowest BCUT2D eigenvalue weighted by molar-refractivity contribution is -0.147. The summed E-state index contributed by atoms with van der Waals surface area (Å²) in [5.74, 6) is -0.162. The highest BCUT2D eigenvalue weighted by Crippen LogP contribution is 2.44. The van der Waals surface area contributed by atoms with E-state index in [0.717, 1.165) is 83.5 Å². The Bertz CT molecular complexity index is 1070. The van der Waals surface area contributed by atoms with E-state index in [0.29, 0.717) is 6.42 Å². The molecule has 0 heterocycles. The number of allylic oxidation sites excluding steroid dienone is 4. The summed E-state index contributed by atoms with van der Waals surface area (Å²) in [6, 6.07) is 0. The van der Waals surface area contributed by atoms with Gasteiger partial charge in [-0.1, -0.05) is 141 Å². The minimum atomic E-state index is -4.89. The maximum absolute atomic E-state index is 13.1. The fourth-order valence-electron chi connectivity index (χ4n) is 6.38. The van der Waals surface area contributed by atoms with E-state index in [1.807, 2.05) is 6.08 Å². The minimum Gasteiger partial charge on any atom is -0.463 e. The van der Waals surface area contributed by atoms with Crippen molar-refractivity contribution in [2.75, 3.05) is 26.4 Å². The Labute approximate surface area is 343 Å². The summed E-state index contributed by atoms with van der Waals surface area (Å²) in [7, 11) is -4.89. The summed E-state index contributed by atoms with van der Waals surface area (Å²) < 4.78 is 26.6. The molecule has 0 aromatic rings. The van der Waals surface area contributed by atoms with Crippen LogP contribution in [0.4, 0.5) is 0 Å². The molecule has 57 heavy (non-hydrogen) atoms. The summed E-state index contributed by atoms with van der Waals surface area (Å²) in [6.07, 6.45) is 26.3. The van der Waals surface area contributed by atoms with Crippen LogP contribution >= 0.6 is 7.82 Å². The molecular weight excluding hydrogens is 755 g/mol. The van der Waals surface area contributed by atoms with E-state index in [9.17, 15) is 44.6 Å². The van der Waals surface area contributed by atoms with E-state index < -0.39 is 70.7 Å². The Morgan fingerprint density at radius 1 is 0.596 bits per heavy atom. The predicted molar refractivity (Wildman–Crippen MR) is 223 cm³/mol. The first-order chi connectivity index (χ1) is 27.4. The summed E-state index contributed by atoms with van der Waals surface area (Å²) in [5.41, 5.74) is 0. The van der Waals surface area contributed by atoms with Crippen molar-refractivity contribution in [1.29, 1.82) is 0 Å². The summed E-state index contributed by atoms with van der Waals surface area (Å²) in [6.45, 7) is 1.27. The fourth-order valence-corrected chi connectivity index (χ4v) is 7.28. The van der Waals surface area contributed by atoms with Crippen LogP contribution in [0.3, 0.4) is 0 Å². The average Bonchev–Trinajstić information content (AvgIpc) is 3.20. The van der Waals surface area contributed by atoms with E-state index in [-0.39, 0.29) is 18.1 Å². The monoisotopic (exact) mass is 837 g/mol. The highest BCUT2D eigenvalue weighted by molar-refractivity contribution is 7.47. The summed E-state index contributed by atoms with van der Waals surface area (Å²) in [5, 5.41) is 56.9. The van der Waals surface area contributed by atoms with Gasteiger partial charge in [0.2, 0.25) is 0 Å². The molecule has 0 saturated heterocycles. The molecule has 0 bridgehead atoms. The number of esters is 1. The van der Waals surface area contributed by atoms with Crippen LogP contribution in [-0.2, 0) is 27.9 Å². The van der Waals surface area contributed by atoms with Gasteiger partial charge in [-0.2, -0.15) is 0 Å². The van der Waals surface area contributed by atoms with Crippen molar-refractivity contribution >= 4 is 19.6 Å². The van der Waals surface area contributed by atoms with Crippen LogP contribution in [-0.4, -0.2) is 104 Å². The van der Waals surface area contributed by atoms with Gasteiger partial charge in [0.25, 0.3) is 0 Å². The second-order valence-electron chi connectivity index (χ2n) is 15.3. The number of phosphoric ester groups is 1. The van der Waals surface area contributed by atoms with Crippen LogP contribution < -0.4 is 0 Å².